The van der Waals surface area contributed by atoms with Gasteiger partial charge in [0.1, 0.15) is 0 Å². The van der Waals surface area contributed by atoms with Crippen LogP contribution in [-0.4, -0.2) is 20.3 Å². The number of methoxy groups -OCH3 is 1. The molecule has 0 unspecified atom stereocenters. The van der Waals surface area contributed by atoms with Gasteiger partial charge in [0.05, 0.1) is 10.4 Å². The second-order valence-corrected chi connectivity index (χ2v) is 7.90. The van der Waals surface area contributed by atoms with Crippen LogP contribution in [0.25, 0.3) is 0 Å². The molecule has 0 spiro atoms. The fourth-order valence-corrected chi connectivity index (χ4v) is 4.12. The zero-order valence-electron chi connectivity index (χ0n) is 11.4. The molecule has 5 heteroatoms. The van der Waals surface area contributed by atoms with Crippen LogP contribution in [0.5, 0.6) is 0 Å². The second-order valence-electron chi connectivity index (χ2n) is 4.31. The fraction of sp³-hybridized carbons (Fsp3) is 0.333. The van der Waals surface area contributed by atoms with E-state index in [9.17, 15) is 0 Å². The van der Waals surface area contributed by atoms with Gasteiger partial charge in [-0.2, -0.15) is 0 Å². The van der Waals surface area contributed by atoms with Crippen molar-refractivity contribution in [3.05, 3.63) is 50.6 Å². The van der Waals surface area contributed by atoms with Crippen molar-refractivity contribution >= 4 is 39.0 Å². The number of halogens is 1. The van der Waals surface area contributed by atoms with Crippen LogP contribution in [0.1, 0.15) is 10.4 Å². The molecule has 1 N–H and O–H groups in total. The molecule has 2 rings (SSSR count). The van der Waals surface area contributed by atoms with Crippen molar-refractivity contribution < 1.29 is 4.74 Å². The summed E-state index contributed by atoms with van der Waals surface area (Å²) in [5.41, 5.74) is 1.31. The number of hydrogen-bond acceptors (Lipinski definition) is 4. The molecule has 1 aromatic carbocycles. The lowest BCUT2D eigenvalue weighted by atomic mass is 10.2. The van der Waals surface area contributed by atoms with Gasteiger partial charge < -0.3 is 10.1 Å². The smallest absolute Gasteiger partial charge is 0.0701 e. The highest BCUT2D eigenvalue weighted by molar-refractivity contribution is 9.11. The van der Waals surface area contributed by atoms with Gasteiger partial charge in [-0.3, -0.25) is 0 Å². The Balaban J connectivity index is 1.76. The normalized spacial score (nSPS) is 10.9. The van der Waals surface area contributed by atoms with Crippen LogP contribution in [0.2, 0.25) is 0 Å². The first-order chi connectivity index (χ1) is 9.78. The molecular weight excluding hydrogens is 354 g/mol. The van der Waals surface area contributed by atoms with Gasteiger partial charge in [0.25, 0.3) is 0 Å². The van der Waals surface area contributed by atoms with Gasteiger partial charge >= 0.3 is 0 Å². The number of nitrogens with one attached hydrogen (secondary N) is 1. The van der Waals surface area contributed by atoms with Crippen LogP contribution < -0.4 is 5.32 Å². The summed E-state index contributed by atoms with van der Waals surface area (Å²) >= 11 is 7.17. The number of thiophene rings is 1. The maximum Gasteiger partial charge on any atom is 0.0701 e. The van der Waals surface area contributed by atoms with E-state index in [4.69, 9.17) is 4.74 Å². The molecule has 0 amide bonds. The minimum atomic E-state index is 0.754. The SMILES string of the molecule is COCCNCc1ccc(SCc2ccc(Br)s2)cc1. The average Bonchev–Trinajstić information content (AvgIpc) is 2.88. The summed E-state index contributed by atoms with van der Waals surface area (Å²) in [5.74, 6) is 1.03. The predicted molar refractivity (Wildman–Crippen MR) is 91.6 cm³/mol. The summed E-state index contributed by atoms with van der Waals surface area (Å²) in [7, 11) is 1.72. The van der Waals surface area contributed by atoms with Crippen molar-refractivity contribution in [3.8, 4) is 0 Å². The zero-order valence-corrected chi connectivity index (χ0v) is 14.6. The first-order valence-electron chi connectivity index (χ1n) is 6.43. The maximum absolute atomic E-state index is 5.01. The van der Waals surface area contributed by atoms with E-state index < -0.39 is 0 Å². The minimum absolute atomic E-state index is 0.754. The molecule has 0 saturated carbocycles. The van der Waals surface area contributed by atoms with Crippen LogP contribution >= 0.6 is 39.0 Å². The Labute approximate surface area is 137 Å². The van der Waals surface area contributed by atoms with Gasteiger partial charge in [0.15, 0.2) is 0 Å². The first-order valence-corrected chi connectivity index (χ1v) is 9.03. The summed E-state index contributed by atoms with van der Waals surface area (Å²) in [6, 6.07) is 13.0. The summed E-state index contributed by atoms with van der Waals surface area (Å²) in [5, 5.41) is 3.35. The molecule has 0 bridgehead atoms. The molecule has 0 aliphatic carbocycles. The third kappa shape index (κ3) is 5.58. The zero-order chi connectivity index (χ0) is 14.2. The van der Waals surface area contributed by atoms with Gasteiger partial charge in [0, 0.05) is 35.7 Å². The quantitative estimate of drug-likeness (QED) is 0.543. The lowest BCUT2D eigenvalue weighted by Gasteiger charge is -2.05. The lowest BCUT2D eigenvalue weighted by molar-refractivity contribution is 0.199. The number of thioether (sulfide) groups is 1. The lowest BCUT2D eigenvalue weighted by Crippen LogP contribution is -2.18. The van der Waals surface area contributed by atoms with Crippen LogP contribution in [0, 0.1) is 0 Å². The molecule has 0 radical (unpaired) electrons. The third-order valence-electron chi connectivity index (χ3n) is 2.75. The van der Waals surface area contributed by atoms with E-state index in [0.717, 1.165) is 25.4 Å². The van der Waals surface area contributed by atoms with Gasteiger partial charge in [-0.25, -0.2) is 0 Å². The highest BCUT2D eigenvalue weighted by atomic mass is 79.9. The molecule has 1 aromatic heterocycles. The van der Waals surface area contributed by atoms with Gasteiger partial charge in [0.2, 0.25) is 0 Å². The average molecular weight is 372 g/mol. The van der Waals surface area contributed by atoms with Gasteiger partial charge in [-0.15, -0.1) is 23.1 Å². The van der Waals surface area contributed by atoms with Crippen LogP contribution in [-0.2, 0) is 17.0 Å². The molecule has 0 saturated heterocycles. The van der Waals surface area contributed by atoms with Crippen molar-refractivity contribution in [2.24, 2.45) is 0 Å². The summed E-state index contributed by atoms with van der Waals surface area (Å²) in [4.78, 5) is 2.71. The number of benzene rings is 1. The summed E-state index contributed by atoms with van der Waals surface area (Å²) in [6.07, 6.45) is 0. The highest BCUT2D eigenvalue weighted by Gasteiger charge is 2.00. The van der Waals surface area contributed by atoms with Crippen molar-refractivity contribution in [1.29, 1.82) is 0 Å². The van der Waals surface area contributed by atoms with Gasteiger partial charge in [-0.05, 0) is 45.8 Å². The van der Waals surface area contributed by atoms with Crippen molar-refractivity contribution in [3.63, 3.8) is 0 Å². The van der Waals surface area contributed by atoms with E-state index >= 15 is 0 Å². The topological polar surface area (TPSA) is 21.3 Å². The van der Waals surface area contributed by atoms with E-state index in [1.54, 1.807) is 18.4 Å². The Kier molecular flexibility index (Phi) is 7.10. The van der Waals surface area contributed by atoms with E-state index in [0.29, 0.717) is 0 Å². The van der Waals surface area contributed by atoms with E-state index in [2.05, 4.69) is 57.6 Å². The Morgan fingerprint density at radius 1 is 1.20 bits per heavy atom. The number of hydrogen-bond donors (Lipinski definition) is 1. The monoisotopic (exact) mass is 371 g/mol. The predicted octanol–water partition coefficient (Wildman–Crippen LogP) is 4.54. The van der Waals surface area contributed by atoms with Crippen LogP contribution in [0.15, 0.2) is 45.1 Å². The van der Waals surface area contributed by atoms with Crippen LogP contribution in [0.3, 0.4) is 0 Å². The molecule has 0 aliphatic heterocycles. The van der Waals surface area contributed by atoms with E-state index in [1.165, 1.54) is 19.1 Å². The van der Waals surface area contributed by atoms with Crippen molar-refractivity contribution in [1.82, 2.24) is 5.32 Å². The molecule has 0 aliphatic rings. The maximum atomic E-state index is 5.01. The summed E-state index contributed by atoms with van der Waals surface area (Å²) in [6.45, 7) is 2.54. The molecule has 0 atom stereocenters. The molecule has 0 fully saturated rings. The molecule has 108 valence electrons. The Hall–Kier alpha value is -0.330. The minimum Gasteiger partial charge on any atom is -0.383 e. The summed E-state index contributed by atoms with van der Waals surface area (Å²) < 4.78 is 6.21. The molecular formula is C15H18BrNOS2. The number of rotatable bonds is 8. The van der Waals surface area contributed by atoms with Gasteiger partial charge in [-0.1, -0.05) is 12.1 Å². The number of ether oxygens (including phenoxy) is 1. The Bertz CT molecular complexity index is 513. The third-order valence-corrected chi connectivity index (χ3v) is 5.61. The fourth-order valence-electron chi connectivity index (χ4n) is 1.69. The van der Waals surface area contributed by atoms with E-state index in [1.807, 2.05) is 11.8 Å². The largest absolute Gasteiger partial charge is 0.383 e. The standard InChI is InChI=1S/C15H18BrNOS2/c1-18-9-8-17-10-12-2-4-13(5-3-12)19-11-14-6-7-15(16)20-14/h2-7,17H,8-11H2,1H3. The highest BCUT2D eigenvalue weighted by Crippen LogP contribution is 2.29. The van der Waals surface area contributed by atoms with Crippen molar-refractivity contribution in [2.45, 2.75) is 17.2 Å². The molecule has 1 heterocycles. The second kappa shape index (κ2) is 8.85. The Morgan fingerprint density at radius 2 is 2.00 bits per heavy atom. The van der Waals surface area contributed by atoms with E-state index in [-0.39, 0.29) is 0 Å². The molecule has 2 aromatic rings. The first kappa shape index (κ1) is 16.0. The molecule has 2 nitrogen and oxygen atoms in total. The Morgan fingerprint density at radius 3 is 2.65 bits per heavy atom. The van der Waals surface area contributed by atoms with Crippen LogP contribution in [0.4, 0.5) is 0 Å². The molecule has 20 heavy (non-hydrogen) atoms. The van der Waals surface area contributed by atoms with Crippen molar-refractivity contribution in [2.75, 3.05) is 20.3 Å².